The molecule has 1 aromatic heterocycles. The van der Waals surface area contributed by atoms with Crippen LogP contribution in [0.2, 0.25) is 0 Å². The second kappa shape index (κ2) is 8.79. The van der Waals surface area contributed by atoms with Gasteiger partial charge in [-0.3, -0.25) is 4.68 Å². The zero-order chi connectivity index (χ0) is 14.9. The number of hydrogen-bond acceptors (Lipinski definition) is 4. The Labute approximate surface area is 133 Å². The van der Waals surface area contributed by atoms with Crippen LogP contribution < -0.4 is 10.1 Å². The van der Waals surface area contributed by atoms with Crippen molar-refractivity contribution in [3.05, 3.63) is 40.6 Å². The molecule has 21 heavy (non-hydrogen) atoms. The molecule has 0 saturated heterocycles. The van der Waals surface area contributed by atoms with Crippen LogP contribution in [-0.4, -0.2) is 28.1 Å². The summed E-state index contributed by atoms with van der Waals surface area (Å²) < 4.78 is 8.69. The highest BCUT2D eigenvalue weighted by Gasteiger charge is 2.04. The van der Waals surface area contributed by atoms with Gasteiger partial charge in [0.15, 0.2) is 0 Å². The number of aryl methyl sites for hydroxylation is 1. The van der Waals surface area contributed by atoms with E-state index in [1.54, 1.807) is 6.20 Å². The van der Waals surface area contributed by atoms with Crippen molar-refractivity contribution in [3.8, 4) is 5.75 Å². The first kappa shape index (κ1) is 16.0. The van der Waals surface area contributed by atoms with E-state index in [9.17, 15) is 0 Å². The summed E-state index contributed by atoms with van der Waals surface area (Å²) in [6.07, 6.45) is 5.61. The Morgan fingerprint density at radius 3 is 3.05 bits per heavy atom. The van der Waals surface area contributed by atoms with Crippen LogP contribution in [0.15, 0.2) is 35.1 Å². The van der Waals surface area contributed by atoms with Gasteiger partial charge in [0, 0.05) is 29.3 Å². The first-order valence-corrected chi connectivity index (χ1v) is 8.05. The normalized spacial score (nSPS) is 10.8. The summed E-state index contributed by atoms with van der Waals surface area (Å²) in [7, 11) is 0. The van der Waals surface area contributed by atoms with E-state index < -0.39 is 0 Å². The SMILES string of the molecule is CCCOc1ccc(Br)cc1CNCCCn1ccnn1. The standard InChI is InChI=1S/C15H21BrN4O/c1-2-10-21-15-5-4-14(16)11-13(15)12-17-6-3-8-20-9-7-18-19-20/h4-5,7,9,11,17H,2-3,6,8,10,12H2,1H3. The molecule has 1 N–H and O–H groups in total. The van der Waals surface area contributed by atoms with Gasteiger partial charge in [0.25, 0.3) is 0 Å². The molecule has 0 fully saturated rings. The minimum Gasteiger partial charge on any atom is -0.493 e. The van der Waals surface area contributed by atoms with Gasteiger partial charge in [-0.25, -0.2) is 0 Å². The maximum Gasteiger partial charge on any atom is 0.123 e. The Hall–Kier alpha value is -1.40. The second-order valence-corrected chi connectivity index (χ2v) is 5.71. The molecule has 5 nitrogen and oxygen atoms in total. The van der Waals surface area contributed by atoms with E-state index in [-0.39, 0.29) is 0 Å². The van der Waals surface area contributed by atoms with Gasteiger partial charge >= 0.3 is 0 Å². The third-order valence-electron chi connectivity index (χ3n) is 3.01. The molecule has 0 unspecified atom stereocenters. The highest BCUT2D eigenvalue weighted by molar-refractivity contribution is 9.10. The second-order valence-electron chi connectivity index (χ2n) is 4.80. The van der Waals surface area contributed by atoms with Crippen molar-refractivity contribution in [3.63, 3.8) is 0 Å². The molecule has 0 aliphatic rings. The first-order valence-electron chi connectivity index (χ1n) is 7.25. The Morgan fingerprint density at radius 2 is 2.29 bits per heavy atom. The molecule has 2 aromatic rings. The topological polar surface area (TPSA) is 52.0 Å². The Morgan fingerprint density at radius 1 is 1.38 bits per heavy atom. The van der Waals surface area contributed by atoms with E-state index in [4.69, 9.17) is 4.74 Å². The Balaban J connectivity index is 1.77. The Kier molecular flexibility index (Phi) is 6.69. The molecule has 0 bridgehead atoms. The molecule has 0 amide bonds. The van der Waals surface area contributed by atoms with Crippen LogP contribution in [0, 0.1) is 0 Å². The molecule has 0 spiro atoms. The number of aromatic nitrogens is 3. The van der Waals surface area contributed by atoms with Crippen LogP contribution in [0.5, 0.6) is 5.75 Å². The smallest absolute Gasteiger partial charge is 0.123 e. The van der Waals surface area contributed by atoms with Crippen LogP contribution in [0.1, 0.15) is 25.3 Å². The number of halogens is 1. The van der Waals surface area contributed by atoms with Crippen molar-refractivity contribution in [2.45, 2.75) is 32.9 Å². The fraction of sp³-hybridized carbons (Fsp3) is 0.467. The number of nitrogens with zero attached hydrogens (tertiary/aromatic N) is 3. The maximum atomic E-state index is 5.77. The van der Waals surface area contributed by atoms with Crippen LogP contribution in [0.3, 0.4) is 0 Å². The van der Waals surface area contributed by atoms with Crippen molar-refractivity contribution in [1.29, 1.82) is 0 Å². The summed E-state index contributed by atoms with van der Waals surface area (Å²) in [5.41, 5.74) is 1.18. The van der Waals surface area contributed by atoms with Crippen LogP contribution in [0.4, 0.5) is 0 Å². The lowest BCUT2D eigenvalue weighted by Crippen LogP contribution is -2.17. The fourth-order valence-corrected chi connectivity index (χ4v) is 2.39. The highest BCUT2D eigenvalue weighted by Crippen LogP contribution is 2.23. The third kappa shape index (κ3) is 5.47. The molecule has 6 heteroatoms. The highest BCUT2D eigenvalue weighted by atomic mass is 79.9. The van der Waals surface area contributed by atoms with Gasteiger partial charge in [-0.15, -0.1) is 5.10 Å². The molecule has 1 heterocycles. The molecule has 2 rings (SSSR count). The van der Waals surface area contributed by atoms with Crippen LogP contribution in [0.25, 0.3) is 0 Å². The molecule has 114 valence electrons. The largest absolute Gasteiger partial charge is 0.493 e. The number of ether oxygens (including phenoxy) is 1. The van der Waals surface area contributed by atoms with E-state index in [0.717, 1.165) is 49.3 Å². The molecular weight excluding hydrogens is 332 g/mol. The van der Waals surface area contributed by atoms with Crippen LogP contribution in [-0.2, 0) is 13.1 Å². The number of nitrogens with one attached hydrogen (secondary N) is 1. The summed E-state index contributed by atoms with van der Waals surface area (Å²) >= 11 is 3.51. The number of rotatable bonds is 9. The minimum atomic E-state index is 0.751. The lowest BCUT2D eigenvalue weighted by atomic mass is 10.2. The fourth-order valence-electron chi connectivity index (χ4n) is 1.98. The minimum absolute atomic E-state index is 0.751. The van der Waals surface area contributed by atoms with Gasteiger partial charge in [-0.2, -0.15) is 0 Å². The van der Waals surface area contributed by atoms with Gasteiger partial charge in [-0.1, -0.05) is 28.1 Å². The number of hydrogen-bond donors (Lipinski definition) is 1. The van der Waals surface area contributed by atoms with Gasteiger partial charge in [-0.05, 0) is 37.6 Å². The third-order valence-corrected chi connectivity index (χ3v) is 3.51. The predicted octanol–water partition coefficient (Wildman–Crippen LogP) is 3.01. The Bertz CT molecular complexity index is 530. The average Bonchev–Trinajstić information content (AvgIpc) is 2.99. The molecule has 0 aliphatic carbocycles. The van der Waals surface area contributed by atoms with Crippen molar-refractivity contribution >= 4 is 15.9 Å². The summed E-state index contributed by atoms with van der Waals surface area (Å²) in [6.45, 7) is 5.47. The van der Waals surface area contributed by atoms with E-state index in [1.165, 1.54) is 5.56 Å². The van der Waals surface area contributed by atoms with Gasteiger partial charge < -0.3 is 10.1 Å². The zero-order valence-corrected chi connectivity index (χ0v) is 13.8. The summed E-state index contributed by atoms with van der Waals surface area (Å²) in [6, 6.07) is 6.14. The van der Waals surface area contributed by atoms with E-state index in [0.29, 0.717) is 0 Å². The lowest BCUT2D eigenvalue weighted by molar-refractivity contribution is 0.313. The van der Waals surface area contributed by atoms with E-state index >= 15 is 0 Å². The van der Waals surface area contributed by atoms with Gasteiger partial charge in [0.1, 0.15) is 5.75 Å². The van der Waals surface area contributed by atoms with Crippen molar-refractivity contribution < 1.29 is 4.74 Å². The molecule has 0 radical (unpaired) electrons. The van der Waals surface area contributed by atoms with E-state index in [2.05, 4.69) is 44.5 Å². The van der Waals surface area contributed by atoms with Crippen molar-refractivity contribution in [2.75, 3.05) is 13.2 Å². The quantitative estimate of drug-likeness (QED) is 0.704. The zero-order valence-electron chi connectivity index (χ0n) is 12.3. The van der Waals surface area contributed by atoms with Gasteiger partial charge in [0.05, 0.1) is 12.8 Å². The molecular formula is C15H21BrN4O. The molecule has 0 atom stereocenters. The molecule has 0 aliphatic heterocycles. The number of benzene rings is 1. The van der Waals surface area contributed by atoms with Crippen LogP contribution >= 0.6 is 15.9 Å². The predicted molar refractivity (Wildman–Crippen MR) is 86.3 cm³/mol. The summed E-state index contributed by atoms with van der Waals surface area (Å²) in [5, 5.41) is 11.2. The van der Waals surface area contributed by atoms with Crippen molar-refractivity contribution in [2.24, 2.45) is 0 Å². The maximum absolute atomic E-state index is 5.77. The monoisotopic (exact) mass is 352 g/mol. The van der Waals surface area contributed by atoms with Gasteiger partial charge in [0.2, 0.25) is 0 Å². The summed E-state index contributed by atoms with van der Waals surface area (Å²) in [4.78, 5) is 0. The first-order chi connectivity index (χ1) is 10.3. The molecule has 0 saturated carbocycles. The average molecular weight is 353 g/mol. The molecule has 1 aromatic carbocycles. The lowest BCUT2D eigenvalue weighted by Gasteiger charge is -2.12. The van der Waals surface area contributed by atoms with Crippen molar-refractivity contribution in [1.82, 2.24) is 20.3 Å². The van der Waals surface area contributed by atoms with E-state index in [1.807, 2.05) is 23.0 Å². The summed E-state index contributed by atoms with van der Waals surface area (Å²) in [5.74, 6) is 0.962.